The zero-order chi connectivity index (χ0) is 26.9. The van der Waals surface area contributed by atoms with Gasteiger partial charge in [-0.15, -0.1) is 0 Å². The fourth-order valence-corrected chi connectivity index (χ4v) is 5.76. The van der Waals surface area contributed by atoms with Crippen LogP contribution in [-0.2, 0) is 6.54 Å². The molecule has 1 heterocycles. The zero-order valence-electron chi connectivity index (χ0n) is 23.1. The molecule has 0 unspecified atom stereocenters. The van der Waals surface area contributed by atoms with Crippen molar-refractivity contribution in [2.75, 3.05) is 0 Å². The number of hydrogen-bond acceptors (Lipinski definition) is 2. The summed E-state index contributed by atoms with van der Waals surface area (Å²) in [5, 5.41) is 5.95. The topological polar surface area (TPSA) is 34.9 Å². The van der Waals surface area contributed by atoms with E-state index in [-0.39, 0.29) is 5.78 Å². The first-order valence-corrected chi connectivity index (χ1v) is 14.2. The lowest BCUT2D eigenvalue weighted by molar-refractivity contribution is 0.0970. The Kier molecular flexibility index (Phi) is 6.91. The molecule has 6 rings (SSSR count). The number of carbonyl (C=O) groups excluding carboxylic acids is 1. The Balaban J connectivity index is 1.24. The van der Waals surface area contributed by atoms with E-state index in [9.17, 15) is 4.79 Å². The van der Waals surface area contributed by atoms with Crippen LogP contribution in [0.25, 0.3) is 22.0 Å². The number of carbonyl (C=O) groups is 1. The van der Waals surface area contributed by atoms with E-state index in [1.54, 1.807) is 0 Å². The number of nitrogens with zero attached hydrogens (tertiary/aromatic N) is 2. The molecule has 1 fully saturated rings. The Morgan fingerprint density at radius 3 is 2.28 bits per heavy atom. The van der Waals surface area contributed by atoms with Gasteiger partial charge in [0, 0.05) is 17.4 Å². The lowest BCUT2D eigenvalue weighted by Crippen LogP contribution is -2.10. The van der Waals surface area contributed by atoms with E-state index >= 15 is 0 Å². The Morgan fingerprint density at radius 2 is 1.56 bits per heavy atom. The van der Waals surface area contributed by atoms with Crippen molar-refractivity contribution >= 4 is 16.7 Å². The van der Waals surface area contributed by atoms with E-state index in [1.165, 1.54) is 40.7 Å². The maximum Gasteiger partial charge on any atom is 0.163 e. The lowest BCUT2D eigenvalue weighted by Gasteiger charge is -2.18. The normalized spacial score (nSPS) is 14.2. The number of benzene rings is 4. The molecule has 1 aromatic heterocycles. The van der Waals surface area contributed by atoms with Crippen LogP contribution in [0.15, 0.2) is 97.1 Å². The maximum atomic E-state index is 13.6. The monoisotopic (exact) mass is 512 g/mol. The van der Waals surface area contributed by atoms with Crippen molar-refractivity contribution in [3.05, 3.63) is 125 Å². The second-order valence-corrected chi connectivity index (χ2v) is 11.4. The number of Topliss-reactive ketones (excluding diaryl/α,β-unsaturated/α-hetero) is 1. The fourth-order valence-electron chi connectivity index (χ4n) is 5.76. The molecule has 0 amide bonds. The quantitative estimate of drug-likeness (QED) is 0.185. The molecule has 0 aliphatic heterocycles. The molecule has 0 saturated heterocycles. The molecule has 3 heteroatoms. The number of aryl methyl sites for hydroxylation is 1. The van der Waals surface area contributed by atoms with E-state index in [0.717, 1.165) is 22.2 Å². The van der Waals surface area contributed by atoms with Gasteiger partial charge in [0.15, 0.2) is 5.78 Å². The Hall–Kier alpha value is -3.98. The summed E-state index contributed by atoms with van der Waals surface area (Å²) >= 11 is 0. The van der Waals surface area contributed by atoms with Crippen molar-refractivity contribution in [2.45, 2.75) is 58.4 Å². The first-order chi connectivity index (χ1) is 19.0. The molecule has 3 nitrogen and oxygen atoms in total. The Labute approximate surface area is 231 Å². The van der Waals surface area contributed by atoms with Crippen LogP contribution in [0.5, 0.6) is 0 Å². The molecule has 39 heavy (non-hydrogen) atoms. The van der Waals surface area contributed by atoms with Gasteiger partial charge in [0.1, 0.15) is 0 Å². The summed E-state index contributed by atoms with van der Waals surface area (Å²) < 4.78 is 2.05. The summed E-state index contributed by atoms with van der Waals surface area (Å²) in [6, 6.07) is 34.1. The van der Waals surface area contributed by atoms with Crippen LogP contribution in [-0.4, -0.2) is 15.6 Å². The van der Waals surface area contributed by atoms with E-state index in [0.29, 0.717) is 30.7 Å². The number of hydrogen-bond donors (Lipinski definition) is 0. The second kappa shape index (κ2) is 10.6. The molecule has 0 N–H and O–H groups in total. The molecule has 4 aromatic carbocycles. The third kappa shape index (κ3) is 5.45. The van der Waals surface area contributed by atoms with Gasteiger partial charge >= 0.3 is 0 Å². The smallest absolute Gasteiger partial charge is 0.163 e. The standard InChI is InChI=1S/C36H36N2O/c1-24(2)30-10-7-11-31(20-30)34(29-16-17-29)22-36(39)32-18-19-33-25(3)37-38(35(33)21-32)23-26-12-14-28(15-13-26)27-8-5-4-6-9-27/h4-15,18-21,24,29,34H,16-17,22-23H2,1-3H3/t34-/m0/s1. The van der Waals surface area contributed by atoms with Crippen LogP contribution in [0.1, 0.15) is 77.7 Å². The molecule has 0 radical (unpaired) electrons. The SMILES string of the molecule is Cc1nn(Cc2ccc(-c3ccccc3)cc2)c2cc(C(=O)C[C@H](c3cccc(C(C)C)c3)C3CC3)ccc12. The third-order valence-electron chi connectivity index (χ3n) is 8.25. The van der Waals surface area contributed by atoms with Crippen molar-refractivity contribution in [1.29, 1.82) is 0 Å². The minimum atomic E-state index is 0.223. The summed E-state index contributed by atoms with van der Waals surface area (Å²) in [4.78, 5) is 13.6. The van der Waals surface area contributed by atoms with Gasteiger partial charge in [0.25, 0.3) is 0 Å². The minimum Gasteiger partial charge on any atom is -0.294 e. The third-order valence-corrected chi connectivity index (χ3v) is 8.25. The first kappa shape index (κ1) is 25.3. The maximum absolute atomic E-state index is 13.6. The van der Waals surface area contributed by atoms with Gasteiger partial charge in [-0.05, 0) is 71.4 Å². The lowest BCUT2D eigenvalue weighted by atomic mass is 9.86. The molecular formula is C36H36N2O. The van der Waals surface area contributed by atoms with Gasteiger partial charge in [-0.2, -0.15) is 5.10 Å². The number of aromatic nitrogens is 2. The Bertz CT molecular complexity index is 1610. The predicted molar refractivity (Wildman–Crippen MR) is 160 cm³/mol. The highest BCUT2D eigenvalue weighted by molar-refractivity contribution is 6.00. The van der Waals surface area contributed by atoms with Gasteiger partial charge in [-0.3, -0.25) is 9.48 Å². The molecule has 1 atom stereocenters. The summed E-state index contributed by atoms with van der Waals surface area (Å²) in [6.45, 7) is 7.18. The van der Waals surface area contributed by atoms with Gasteiger partial charge in [0.05, 0.1) is 17.8 Å². The molecular weight excluding hydrogens is 476 g/mol. The highest BCUT2D eigenvalue weighted by atomic mass is 16.1. The molecule has 1 saturated carbocycles. The number of ketones is 1. The summed E-state index contributed by atoms with van der Waals surface area (Å²) in [6.07, 6.45) is 3.00. The van der Waals surface area contributed by atoms with Gasteiger partial charge in [0.2, 0.25) is 0 Å². The van der Waals surface area contributed by atoms with Crippen LogP contribution >= 0.6 is 0 Å². The highest BCUT2D eigenvalue weighted by Gasteiger charge is 2.34. The predicted octanol–water partition coefficient (Wildman–Crippen LogP) is 8.95. The highest BCUT2D eigenvalue weighted by Crippen LogP contribution is 2.45. The average Bonchev–Trinajstić information content (AvgIpc) is 3.76. The van der Waals surface area contributed by atoms with Crippen molar-refractivity contribution in [3.63, 3.8) is 0 Å². The van der Waals surface area contributed by atoms with Crippen molar-refractivity contribution in [1.82, 2.24) is 9.78 Å². The molecule has 0 bridgehead atoms. The molecule has 5 aromatic rings. The van der Waals surface area contributed by atoms with E-state index < -0.39 is 0 Å². The minimum absolute atomic E-state index is 0.223. The van der Waals surface area contributed by atoms with Crippen LogP contribution < -0.4 is 0 Å². The molecule has 1 aliphatic carbocycles. The summed E-state index contributed by atoms with van der Waals surface area (Å²) in [5.74, 6) is 1.62. The summed E-state index contributed by atoms with van der Waals surface area (Å²) in [5.41, 5.74) is 9.08. The molecule has 196 valence electrons. The van der Waals surface area contributed by atoms with Crippen LogP contribution in [0.2, 0.25) is 0 Å². The van der Waals surface area contributed by atoms with Crippen molar-refractivity contribution in [3.8, 4) is 11.1 Å². The average molecular weight is 513 g/mol. The molecule has 1 aliphatic rings. The van der Waals surface area contributed by atoms with E-state index in [4.69, 9.17) is 5.10 Å². The zero-order valence-corrected chi connectivity index (χ0v) is 23.1. The first-order valence-electron chi connectivity index (χ1n) is 14.2. The van der Waals surface area contributed by atoms with Crippen molar-refractivity contribution in [2.24, 2.45) is 5.92 Å². The van der Waals surface area contributed by atoms with Crippen molar-refractivity contribution < 1.29 is 4.79 Å². The van der Waals surface area contributed by atoms with Crippen LogP contribution in [0.3, 0.4) is 0 Å². The Morgan fingerprint density at radius 1 is 0.846 bits per heavy atom. The largest absolute Gasteiger partial charge is 0.294 e. The number of fused-ring (bicyclic) bond motifs is 1. The van der Waals surface area contributed by atoms with Crippen LogP contribution in [0, 0.1) is 12.8 Å². The molecule has 0 spiro atoms. The van der Waals surface area contributed by atoms with Gasteiger partial charge in [-0.1, -0.05) is 105 Å². The summed E-state index contributed by atoms with van der Waals surface area (Å²) in [7, 11) is 0. The van der Waals surface area contributed by atoms with Gasteiger partial charge in [-0.25, -0.2) is 0 Å². The van der Waals surface area contributed by atoms with Gasteiger partial charge < -0.3 is 0 Å². The van der Waals surface area contributed by atoms with Crippen LogP contribution in [0.4, 0.5) is 0 Å². The number of rotatable bonds is 9. The van der Waals surface area contributed by atoms with E-state index in [2.05, 4.69) is 98.8 Å². The van der Waals surface area contributed by atoms with E-state index in [1.807, 2.05) is 23.7 Å². The fraction of sp³-hybridized carbons (Fsp3) is 0.278. The second-order valence-electron chi connectivity index (χ2n) is 11.4.